The average Bonchev–Trinajstić information content (AvgIpc) is 2.36. The summed E-state index contributed by atoms with van der Waals surface area (Å²) in [5, 5.41) is 0. The molecule has 0 heterocycles. The summed E-state index contributed by atoms with van der Waals surface area (Å²) in [7, 11) is 1.65. The van der Waals surface area contributed by atoms with E-state index in [-0.39, 0.29) is 5.91 Å². The van der Waals surface area contributed by atoms with Crippen LogP contribution in [0.1, 0.15) is 13.3 Å². The van der Waals surface area contributed by atoms with Crippen molar-refractivity contribution in [2.45, 2.75) is 22.4 Å². The second kappa shape index (κ2) is 5.65. The number of hydrogen-bond acceptors (Lipinski definition) is 2. The Morgan fingerprint density at radius 1 is 1.35 bits per heavy atom. The number of nitrogens with zero attached hydrogens (tertiary/aromatic N) is 1. The van der Waals surface area contributed by atoms with E-state index in [0.29, 0.717) is 11.3 Å². The predicted octanol–water partition coefficient (Wildman–Crippen LogP) is 2.23. The summed E-state index contributed by atoms with van der Waals surface area (Å²) in [6.07, 6.45) is 0.313. The molecule has 0 aromatic heterocycles. The Hall–Kier alpha value is -0.870. The highest BCUT2D eigenvalue weighted by molar-refractivity contribution is 7.88. The van der Waals surface area contributed by atoms with E-state index in [1.807, 2.05) is 6.07 Å². The van der Waals surface area contributed by atoms with Crippen molar-refractivity contribution in [2.75, 3.05) is 14.1 Å². The van der Waals surface area contributed by atoms with Gasteiger partial charge in [-0.2, -0.15) is 0 Å². The van der Waals surface area contributed by atoms with Crippen molar-refractivity contribution in [1.29, 1.82) is 0 Å². The first kappa shape index (κ1) is 14.2. The summed E-state index contributed by atoms with van der Waals surface area (Å²) in [5.41, 5.74) is 0. The first-order valence-corrected chi connectivity index (χ1v) is 6.84. The monoisotopic (exact) mass is 273 g/mol. The lowest BCUT2D eigenvalue weighted by Crippen LogP contribution is -2.44. The Morgan fingerprint density at radius 2 is 1.88 bits per heavy atom. The number of amides is 1. The molecule has 5 heteroatoms. The van der Waals surface area contributed by atoms with Gasteiger partial charge in [0.05, 0.1) is 10.8 Å². The topological polar surface area (TPSA) is 37.4 Å². The minimum Gasteiger partial charge on any atom is -0.346 e. The van der Waals surface area contributed by atoms with E-state index in [4.69, 9.17) is 11.6 Å². The molecule has 2 unspecified atom stereocenters. The minimum absolute atomic E-state index is 0.313. The van der Waals surface area contributed by atoms with Gasteiger partial charge in [0.2, 0.25) is 4.21 Å². The maximum absolute atomic E-state index is 12.4. The quantitative estimate of drug-likeness (QED) is 0.789. The van der Waals surface area contributed by atoms with E-state index in [1.165, 1.54) is 4.90 Å². The molecule has 1 aromatic rings. The molecule has 0 aliphatic heterocycles. The van der Waals surface area contributed by atoms with Crippen LogP contribution in [0, 0.1) is 0 Å². The third-order valence-electron chi connectivity index (χ3n) is 2.43. The maximum atomic E-state index is 12.4. The van der Waals surface area contributed by atoms with Crippen molar-refractivity contribution in [3.05, 3.63) is 30.3 Å². The lowest BCUT2D eigenvalue weighted by Gasteiger charge is -2.26. The number of carbonyl (C=O) groups is 1. The van der Waals surface area contributed by atoms with Crippen LogP contribution >= 0.6 is 11.6 Å². The smallest absolute Gasteiger partial charge is 0.256 e. The molecule has 3 nitrogen and oxygen atoms in total. The third-order valence-corrected chi connectivity index (χ3v) is 5.03. The fourth-order valence-electron chi connectivity index (χ4n) is 1.43. The van der Waals surface area contributed by atoms with E-state index in [2.05, 4.69) is 0 Å². The molecule has 0 radical (unpaired) electrons. The lowest BCUT2D eigenvalue weighted by molar-refractivity contribution is -0.129. The Balaban J connectivity index is 3.11. The van der Waals surface area contributed by atoms with Gasteiger partial charge in [-0.25, -0.2) is 0 Å². The molecule has 17 heavy (non-hydrogen) atoms. The predicted molar refractivity (Wildman–Crippen MR) is 70.4 cm³/mol. The van der Waals surface area contributed by atoms with Gasteiger partial charge in [-0.3, -0.25) is 9.00 Å². The van der Waals surface area contributed by atoms with E-state index < -0.39 is 15.0 Å². The molecule has 0 saturated carbocycles. The van der Waals surface area contributed by atoms with Gasteiger partial charge in [0, 0.05) is 19.0 Å². The highest BCUT2D eigenvalue weighted by atomic mass is 35.5. The summed E-state index contributed by atoms with van der Waals surface area (Å²) >= 11 is 6.26. The Bertz CT molecular complexity index is 422. The van der Waals surface area contributed by atoms with Gasteiger partial charge in [0.15, 0.2) is 0 Å². The van der Waals surface area contributed by atoms with Crippen LogP contribution in [0.15, 0.2) is 35.2 Å². The molecule has 1 aromatic carbocycles. The normalized spacial score (nSPS) is 16.0. The Kier molecular flexibility index (Phi) is 4.71. The first-order valence-electron chi connectivity index (χ1n) is 5.31. The van der Waals surface area contributed by atoms with Crippen LogP contribution in [-0.4, -0.2) is 33.3 Å². The summed E-state index contributed by atoms with van der Waals surface area (Å²) in [6.45, 7) is 1.76. The van der Waals surface area contributed by atoms with E-state index >= 15 is 0 Å². The van der Waals surface area contributed by atoms with Gasteiger partial charge in [-0.15, -0.1) is 0 Å². The molecule has 1 amide bonds. The van der Waals surface area contributed by atoms with Crippen molar-refractivity contribution in [3.8, 4) is 0 Å². The molecule has 0 fully saturated rings. The van der Waals surface area contributed by atoms with Gasteiger partial charge in [0.25, 0.3) is 5.91 Å². The van der Waals surface area contributed by atoms with Crippen LogP contribution in [0.2, 0.25) is 0 Å². The van der Waals surface area contributed by atoms with Gasteiger partial charge < -0.3 is 4.90 Å². The highest BCUT2D eigenvalue weighted by Crippen LogP contribution is 2.31. The van der Waals surface area contributed by atoms with Crippen LogP contribution < -0.4 is 0 Å². The molecular weight excluding hydrogens is 258 g/mol. The molecule has 2 atom stereocenters. The van der Waals surface area contributed by atoms with Gasteiger partial charge in [-0.05, 0) is 18.6 Å². The van der Waals surface area contributed by atoms with Gasteiger partial charge in [0.1, 0.15) is 0 Å². The summed E-state index contributed by atoms with van der Waals surface area (Å²) < 4.78 is 11.0. The number of benzene rings is 1. The zero-order valence-electron chi connectivity index (χ0n) is 10.1. The summed E-state index contributed by atoms with van der Waals surface area (Å²) in [6, 6.07) is 8.81. The maximum Gasteiger partial charge on any atom is 0.256 e. The standard InChI is InChI=1S/C12H16ClNO2S/c1-4-12(13,11(15)14(2)3)17(16)10-8-6-5-7-9-10/h5-9H,4H2,1-3H3. The second-order valence-electron chi connectivity index (χ2n) is 3.86. The fourth-order valence-corrected chi connectivity index (χ4v) is 3.24. The van der Waals surface area contributed by atoms with Crippen molar-refractivity contribution in [1.82, 2.24) is 4.90 Å². The fraction of sp³-hybridized carbons (Fsp3) is 0.417. The van der Waals surface area contributed by atoms with E-state index in [0.717, 1.165) is 0 Å². The zero-order chi connectivity index (χ0) is 13.1. The van der Waals surface area contributed by atoms with Crippen molar-refractivity contribution < 1.29 is 9.00 Å². The zero-order valence-corrected chi connectivity index (χ0v) is 11.7. The van der Waals surface area contributed by atoms with Crippen LogP contribution in [0.4, 0.5) is 0 Å². The molecule has 94 valence electrons. The van der Waals surface area contributed by atoms with Gasteiger partial charge >= 0.3 is 0 Å². The molecule has 1 rings (SSSR count). The Morgan fingerprint density at radius 3 is 2.29 bits per heavy atom. The molecule has 0 N–H and O–H groups in total. The van der Waals surface area contributed by atoms with Crippen LogP contribution in [0.3, 0.4) is 0 Å². The number of alkyl halides is 1. The average molecular weight is 274 g/mol. The Labute approximate surface area is 109 Å². The highest BCUT2D eigenvalue weighted by Gasteiger charge is 2.42. The van der Waals surface area contributed by atoms with Crippen molar-refractivity contribution >= 4 is 28.3 Å². The van der Waals surface area contributed by atoms with Crippen molar-refractivity contribution in [2.24, 2.45) is 0 Å². The third kappa shape index (κ3) is 2.87. The van der Waals surface area contributed by atoms with Crippen LogP contribution in [0.25, 0.3) is 0 Å². The minimum atomic E-state index is -1.56. The molecule has 0 spiro atoms. The molecule has 0 saturated heterocycles. The van der Waals surface area contributed by atoms with Gasteiger partial charge in [-0.1, -0.05) is 36.7 Å². The number of rotatable bonds is 4. The van der Waals surface area contributed by atoms with E-state index in [1.54, 1.807) is 45.3 Å². The number of hydrogen-bond donors (Lipinski definition) is 0. The SMILES string of the molecule is CCC(Cl)(C(=O)N(C)C)S(=O)c1ccccc1. The summed E-state index contributed by atoms with van der Waals surface area (Å²) in [4.78, 5) is 14.0. The number of halogens is 1. The first-order chi connectivity index (χ1) is 7.93. The van der Waals surface area contributed by atoms with Crippen LogP contribution in [-0.2, 0) is 15.6 Å². The molecular formula is C12H16ClNO2S. The van der Waals surface area contributed by atoms with Crippen molar-refractivity contribution in [3.63, 3.8) is 0 Å². The molecule has 0 aliphatic rings. The largest absolute Gasteiger partial charge is 0.346 e. The molecule has 0 aliphatic carbocycles. The number of carbonyl (C=O) groups excluding carboxylic acids is 1. The van der Waals surface area contributed by atoms with E-state index in [9.17, 15) is 9.00 Å². The second-order valence-corrected chi connectivity index (χ2v) is 6.44. The lowest BCUT2D eigenvalue weighted by atomic mass is 10.3. The van der Waals surface area contributed by atoms with Crippen LogP contribution in [0.5, 0.6) is 0 Å². The molecule has 0 bridgehead atoms. The summed E-state index contributed by atoms with van der Waals surface area (Å²) in [5.74, 6) is -0.330.